The molecule has 106 valence electrons. The van der Waals surface area contributed by atoms with E-state index in [4.69, 9.17) is 5.73 Å². The summed E-state index contributed by atoms with van der Waals surface area (Å²) in [6, 6.07) is 3.32. The van der Waals surface area contributed by atoms with E-state index in [0.29, 0.717) is 6.04 Å². The standard InChI is InChI=1S/C16H27N3/c1-12-10-14-15(17)7-5-8-16(14)19(12)11-13-6-3-4-9-18(13)2/h10,13,15H,3-9,11,17H2,1-2H3. The third-order valence-corrected chi connectivity index (χ3v) is 5.09. The van der Waals surface area contributed by atoms with Crippen molar-refractivity contribution in [1.29, 1.82) is 0 Å². The molecule has 3 heteroatoms. The highest BCUT2D eigenvalue weighted by molar-refractivity contribution is 5.32. The topological polar surface area (TPSA) is 34.2 Å². The molecule has 0 aromatic carbocycles. The Morgan fingerprint density at radius 1 is 1.26 bits per heavy atom. The number of likely N-dealkylation sites (N-methyl/N-ethyl adjacent to an activating group) is 1. The van der Waals surface area contributed by atoms with E-state index in [9.17, 15) is 0 Å². The Hall–Kier alpha value is -0.800. The van der Waals surface area contributed by atoms with Gasteiger partial charge in [0.05, 0.1) is 0 Å². The molecule has 3 nitrogen and oxygen atoms in total. The molecule has 2 unspecified atom stereocenters. The minimum Gasteiger partial charge on any atom is -0.347 e. The summed E-state index contributed by atoms with van der Waals surface area (Å²) < 4.78 is 2.56. The molecule has 0 bridgehead atoms. The first-order chi connectivity index (χ1) is 9.16. The number of hydrogen-bond donors (Lipinski definition) is 1. The summed E-state index contributed by atoms with van der Waals surface area (Å²) in [6.07, 6.45) is 7.71. The summed E-state index contributed by atoms with van der Waals surface area (Å²) >= 11 is 0. The maximum Gasteiger partial charge on any atom is 0.0381 e. The summed E-state index contributed by atoms with van der Waals surface area (Å²) in [6.45, 7) is 4.66. The van der Waals surface area contributed by atoms with E-state index in [1.807, 2.05) is 0 Å². The van der Waals surface area contributed by atoms with Crippen LogP contribution >= 0.6 is 0 Å². The van der Waals surface area contributed by atoms with Crippen molar-refractivity contribution in [3.05, 3.63) is 23.0 Å². The van der Waals surface area contributed by atoms with Crippen molar-refractivity contribution in [3.63, 3.8) is 0 Å². The second-order valence-corrected chi connectivity index (χ2v) is 6.43. The average molecular weight is 261 g/mol. The van der Waals surface area contributed by atoms with Crippen LogP contribution in [0.15, 0.2) is 6.07 Å². The fourth-order valence-electron chi connectivity index (χ4n) is 3.84. The minimum absolute atomic E-state index is 0.271. The third-order valence-electron chi connectivity index (χ3n) is 5.09. The van der Waals surface area contributed by atoms with Crippen molar-refractivity contribution in [2.24, 2.45) is 5.73 Å². The van der Waals surface area contributed by atoms with Crippen molar-refractivity contribution in [3.8, 4) is 0 Å². The highest BCUT2D eigenvalue weighted by atomic mass is 15.2. The van der Waals surface area contributed by atoms with Crippen LogP contribution < -0.4 is 5.73 Å². The van der Waals surface area contributed by atoms with E-state index in [0.717, 1.165) is 13.0 Å². The highest BCUT2D eigenvalue weighted by Crippen LogP contribution is 2.31. The normalized spacial score (nSPS) is 28.4. The molecule has 2 aliphatic rings. The van der Waals surface area contributed by atoms with Gasteiger partial charge in [-0.2, -0.15) is 0 Å². The molecule has 2 heterocycles. The SMILES string of the molecule is Cc1cc2c(n1CC1CCCCN1C)CCCC2N. The summed E-state index contributed by atoms with van der Waals surface area (Å²) in [4.78, 5) is 2.54. The van der Waals surface area contributed by atoms with Crippen LogP contribution in [0.3, 0.4) is 0 Å². The highest BCUT2D eigenvalue weighted by Gasteiger charge is 2.25. The minimum atomic E-state index is 0.271. The molecule has 1 aliphatic heterocycles. The predicted octanol–water partition coefficient (Wildman–Crippen LogP) is 2.62. The van der Waals surface area contributed by atoms with Crippen LogP contribution in [0, 0.1) is 6.92 Å². The van der Waals surface area contributed by atoms with E-state index in [1.54, 1.807) is 0 Å². The molecule has 2 N–H and O–H groups in total. The van der Waals surface area contributed by atoms with Gasteiger partial charge < -0.3 is 15.2 Å². The second-order valence-electron chi connectivity index (χ2n) is 6.43. The van der Waals surface area contributed by atoms with Crippen LogP contribution in [0.4, 0.5) is 0 Å². The molecule has 0 spiro atoms. The van der Waals surface area contributed by atoms with Crippen LogP contribution in [-0.4, -0.2) is 29.1 Å². The zero-order valence-electron chi connectivity index (χ0n) is 12.4. The number of piperidine rings is 1. The number of aromatic nitrogens is 1. The monoisotopic (exact) mass is 261 g/mol. The van der Waals surface area contributed by atoms with Crippen molar-refractivity contribution < 1.29 is 0 Å². The first kappa shape index (κ1) is 13.2. The Morgan fingerprint density at radius 3 is 2.89 bits per heavy atom. The lowest BCUT2D eigenvalue weighted by atomic mass is 9.93. The molecular formula is C16H27N3. The van der Waals surface area contributed by atoms with Crippen LogP contribution in [0.2, 0.25) is 0 Å². The van der Waals surface area contributed by atoms with Gasteiger partial charge in [-0.3, -0.25) is 0 Å². The molecule has 2 atom stereocenters. The van der Waals surface area contributed by atoms with E-state index >= 15 is 0 Å². The van der Waals surface area contributed by atoms with E-state index in [-0.39, 0.29) is 6.04 Å². The number of aryl methyl sites for hydroxylation is 1. The lowest BCUT2D eigenvalue weighted by Crippen LogP contribution is -2.39. The zero-order valence-corrected chi connectivity index (χ0v) is 12.4. The third kappa shape index (κ3) is 2.46. The zero-order chi connectivity index (χ0) is 13.4. The number of fused-ring (bicyclic) bond motifs is 1. The molecule has 0 radical (unpaired) electrons. The lowest BCUT2D eigenvalue weighted by Gasteiger charge is -2.34. The van der Waals surface area contributed by atoms with Gasteiger partial charge in [-0.25, -0.2) is 0 Å². The van der Waals surface area contributed by atoms with Gasteiger partial charge in [0.2, 0.25) is 0 Å². The Bertz CT molecular complexity index is 449. The predicted molar refractivity (Wildman–Crippen MR) is 79.3 cm³/mol. The van der Waals surface area contributed by atoms with E-state index in [1.165, 1.54) is 55.6 Å². The van der Waals surface area contributed by atoms with Crippen molar-refractivity contribution in [2.45, 2.75) is 64.1 Å². The Kier molecular flexibility index (Phi) is 3.68. The molecule has 0 amide bonds. The van der Waals surface area contributed by atoms with E-state index in [2.05, 4.69) is 29.5 Å². The number of nitrogens with zero attached hydrogens (tertiary/aromatic N) is 2. The lowest BCUT2D eigenvalue weighted by molar-refractivity contribution is 0.165. The summed E-state index contributed by atoms with van der Waals surface area (Å²) in [5.41, 5.74) is 10.6. The van der Waals surface area contributed by atoms with Crippen molar-refractivity contribution >= 4 is 0 Å². The van der Waals surface area contributed by atoms with Gasteiger partial charge in [0.1, 0.15) is 0 Å². The van der Waals surface area contributed by atoms with Crippen LogP contribution in [0.25, 0.3) is 0 Å². The quantitative estimate of drug-likeness (QED) is 0.888. The van der Waals surface area contributed by atoms with Crippen LogP contribution in [0.5, 0.6) is 0 Å². The molecule has 1 aromatic rings. The average Bonchev–Trinajstić information content (AvgIpc) is 2.71. The molecule has 3 rings (SSSR count). The first-order valence-electron chi connectivity index (χ1n) is 7.81. The molecular weight excluding hydrogens is 234 g/mol. The number of likely N-dealkylation sites (tertiary alicyclic amines) is 1. The van der Waals surface area contributed by atoms with Gasteiger partial charge in [-0.05, 0) is 64.3 Å². The van der Waals surface area contributed by atoms with Crippen LogP contribution in [-0.2, 0) is 13.0 Å². The maximum atomic E-state index is 6.27. The second kappa shape index (κ2) is 5.29. The van der Waals surface area contributed by atoms with Crippen molar-refractivity contribution in [1.82, 2.24) is 9.47 Å². The molecule has 1 saturated heterocycles. The Labute approximate surface area is 116 Å². The van der Waals surface area contributed by atoms with Gasteiger partial charge in [-0.15, -0.1) is 0 Å². The van der Waals surface area contributed by atoms with Gasteiger partial charge in [0.25, 0.3) is 0 Å². The van der Waals surface area contributed by atoms with Crippen molar-refractivity contribution in [2.75, 3.05) is 13.6 Å². The van der Waals surface area contributed by atoms with Gasteiger partial charge in [0.15, 0.2) is 0 Å². The fraction of sp³-hybridized carbons (Fsp3) is 0.750. The molecule has 1 aromatic heterocycles. The Morgan fingerprint density at radius 2 is 2.11 bits per heavy atom. The maximum absolute atomic E-state index is 6.27. The van der Waals surface area contributed by atoms with Gasteiger partial charge >= 0.3 is 0 Å². The fourth-order valence-corrected chi connectivity index (χ4v) is 3.84. The summed E-state index contributed by atoms with van der Waals surface area (Å²) in [5, 5.41) is 0. The van der Waals surface area contributed by atoms with Gasteiger partial charge in [-0.1, -0.05) is 6.42 Å². The largest absolute Gasteiger partial charge is 0.347 e. The first-order valence-corrected chi connectivity index (χ1v) is 7.81. The summed E-state index contributed by atoms with van der Waals surface area (Å²) in [5.74, 6) is 0. The molecule has 1 fully saturated rings. The smallest absolute Gasteiger partial charge is 0.0381 e. The number of rotatable bonds is 2. The summed E-state index contributed by atoms with van der Waals surface area (Å²) in [7, 11) is 2.28. The van der Waals surface area contributed by atoms with Gasteiger partial charge in [0, 0.05) is 30.0 Å². The number of hydrogen-bond acceptors (Lipinski definition) is 2. The Balaban J connectivity index is 1.84. The van der Waals surface area contributed by atoms with E-state index < -0.39 is 0 Å². The molecule has 1 aliphatic carbocycles. The van der Waals surface area contributed by atoms with Crippen LogP contribution in [0.1, 0.15) is 55.1 Å². The molecule has 19 heavy (non-hydrogen) atoms. The number of nitrogens with two attached hydrogens (primary N) is 1. The molecule has 0 saturated carbocycles.